The van der Waals surface area contributed by atoms with Gasteiger partial charge >= 0.3 is 0 Å². The third-order valence-corrected chi connectivity index (χ3v) is 2.58. The topological polar surface area (TPSA) is 43.8 Å². The third kappa shape index (κ3) is 1.94. The number of benzene rings is 1. The van der Waals surface area contributed by atoms with Gasteiger partial charge in [0.25, 0.3) is 0 Å². The van der Waals surface area contributed by atoms with Crippen LogP contribution in [0.3, 0.4) is 0 Å². The van der Waals surface area contributed by atoms with Gasteiger partial charge < -0.3 is 5.73 Å². The van der Waals surface area contributed by atoms with E-state index >= 15 is 0 Å². The zero-order chi connectivity index (χ0) is 13.4. The molecule has 0 radical (unpaired) electrons. The van der Waals surface area contributed by atoms with Crippen LogP contribution in [0.5, 0.6) is 0 Å². The lowest BCUT2D eigenvalue weighted by atomic mass is 10.1. The van der Waals surface area contributed by atoms with E-state index in [0.29, 0.717) is 23.5 Å². The first-order chi connectivity index (χ1) is 8.41. The maximum absolute atomic E-state index is 13.7. The number of hydrogen-bond acceptors (Lipinski definition) is 2. The number of anilines is 1. The van der Waals surface area contributed by atoms with Gasteiger partial charge in [0.05, 0.1) is 17.6 Å². The fourth-order valence-electron chi connectivity index (χ4n) is 1.86. The van der Waals surface area contributed by atoms with E-state index in [-0.39, 0.29) is 5.92 Å². The van der Waals surface area contributed by atoms with Crippen LogP contribution in [0.4, 0.5) is 18.9 Å². The number of nitrogens with zero attached hydrogens (tertiary/aromatic N) is 2. The van der Waals surface area contributed by atoms with E-state index in [2.05, 4.69) is 5.10 Å². The molecular formula is C12H12F3N3. The summed E-state index contributed by atoms with van der Waals surface area (Å²) in [6.07, 6.45) is 1.32. The van der Waals surface area contributed by atoms with Crippen LogP contribution in [0, 0.1) is 17.5 Å². The average Bonchev–Trinajstić information content (AvgIpc) is 2.58. The van der Waals surface area contributed by atoms with Gasteiger partial charge in [-0.3, -0.25) is 0 Å². The van der Waals surface area contributed by atoms with Gasteiger partial charge in [0.2, 0.25) is 0 Å². The highest BCUT2D eigenvalue weighted by atomic mass is 19.1. The van der Waals surface area contributed by atoms with Gasteiger partial charge in [0, 0.05) is 12.1 Å². The summed E-state index contributed by atoms with van der Waals surface area (Å²) in [7, 11) is 0. The lowest BCUT2D eigenvalue weighted by Gasteiger charge is -2.12. The average molecular weight is 255 g/mol. The molecule has 18 heavy (non-hydrogen) atoms. The van der Waals surface area contributed by atoms with Crippen molar-refractivity contribution in [2.75, 3.05) is 5.73 Å². The number of hydrogen-bond donors (Lipinski definition) is 1. The molecule has 0 aliphatic heterocycles. The fourth-order valence-corrected chi connectivity index (χ4v) is 1.86. The highest BCUT2D eigenvalue weighted by molar-refractivity contribution is 5.48. The normalized spacial score (nSPS) is 11.2. The first kappa shape index (κ1) is 12.5. The van der Waals surface area contributed by atoms with Crippen molar-refractivity contribution in [2.45, 2.75) is 19.8 Å². The van der Waals surface area contributed by atoms with Crippen LogP contribution in [0.2, 0.25) is 0 Å². The Morgan fingerprint density at radius 3 is 2.22 bits per heavy atom. The zero-order valence-corrected chi connectivity index (χ0v) is 9.92. The van der Waals surface area contributed by atoms with Gasteiger partial charge in [-0.15, -0.1) is 0 Å². The summed E-state index contributed by atoms with van der Waals surface area (Å²) in [6, 6.07) is 1.22. The minimum absolute atomic E-state index is 0.0728. The van der Waals surface area contributed by atoms with Crippen molar-refractivity contribution in [3.63, 3.8) is 0 Å². The number of nitrogen functional groups attached to an aromatic ring is 1. The van der Waals surface area contributed by atoms with Crippen LogP contribution in [0.25, 0.3) is 5.69 Å². The summed E-state index contributed by atoms with van der Waals surface area (Å²) >= 11 is 0. The predicted octanol–water partition coefficient (Wildman–Crippen LogP) is 3.00. The monoisotopic (exact) mass is 255 g/mol. The second-order valence-electron chi connectivity index (χ2n) is 4.27. The Kier molecular flexibility index (Phi) is 3.02. The van der Waals surface area contributed by atoms with Crippen molar-refractivity contribution in [1.82, 2.24) is 9.78 Å². The molecule has 6 heteroatoms. The zero-order valence-electron chi connectivity index (χ0n) is 9.92. The molecule has 0 fully saturated rings. The van der Waals surface area contributed by atoms with Crippen LogP contribution < -0.4 is 5.73 Å². The molecule has 1 heterocycles. The standard InChI is InChI=1S/C12H12F3N3/c1-6(2)11-10(16)5-17-18(11)12-8(14)3-7(13)4-9(12)15/h3-6H,16H2,1-2H3. The van der Waals surface area contributed by atoms with Crippen LogP contribution in [0.1, 0.15) is 25.5 Å². The van der Waals surface area contributed by atoms with Crippen LogP contribution in [-0.2, 0) is 0 Å². The summed E-state index contributed by atoms with van der Waals surface area (Å²) in [6.45, 7) is 3.65. The molecule has 2 N–H and O–H groups in total. The Bertz CT molecular complexity index is 567. The minimum atomic E-state index is -1.02. The summed E-state index contributed by atoms with van der Waals surface area (Å²) < 4.78 is 41.3. The van der Waals surface area contributed by atoms with E-state index in [1.807, 2.05) is 13.8 Å². The van der Waals surface area contributed by atoms with Crippen molar-refractivity contribution >= 4 is 5.69 Å². The molecule has 0 saturated heterocycles. The first-order valence-corrected chi connectivity index (χ1v) is 5.40. The summed E-state index contributed by atoms with van der Waals surface area (Å²) in [5.41, 5.74) is 6.11. The smallest absolute Gasteiger partial charge is 0.154 e. The molecular weight excluding hydrogens is 243 g/mol. The van der Waals surface area contributed by atoms with Crippen molar-refractivity contribution < 1.29 is 13.2 Å². The number of halogens is 3. The van der Waals surface area contributed by atoms with Crippen molar-refractivity contribution in [3.8, 4) is 5.69 Å². The lowest BCUT2D eigenvalue weighted by Crippen LogP contribution is -2.10. The SMILES string of the molecule is CC(C)c1c(N)cnn1-c1c(F)cc(F)cc1F. The molecule has 0 unspecified atom stereocenters. The van der Waals surface area contributed by atoms with Crippen molar-refractivity contribution in [2.24, 2.45) is 0 Å². The number of nitrogens with two attached hydrogens (primary N) is 1. The summed E-state index contributed by atoms with van der Waals surface area (Å²) in [4.78, 5) is 0. The third-order valence-electron chi connectivity index (χ3n) is 2.58. The van der Waals surface area contributed by atoms with E-state index in [0.717, 1.165) is 4.68 Å². The van der Waals surface area contributed by atoms with E-state index in [1.54, 1.807) is 0 Å². The highest BCUT2D eigenvalue weighted by Crippen LogP contribution is 2.27. The maximum atomic E-state index is 13.7. The second-order valence-corrected chi connectivity index (χ2v) is 4.27. The van der Waals surface area contributed by atoms with Crippen LogP contribution in [-0.4, -0.2) is 9.78 Å². The Morgan fingerprint density at radius 2 is 1.72 bits per heavy atom. The molecule has 0 bridgehead atoms. The lowest BCUT2D eigenvalue weighted by molar-refractivity contribution is 0.523. The molecule has 0 spiro atoms. The Hall–Kier alpha value is -1.98. The highest BCUT2D eigenvalue weighted by Gasteiger charge is 2.20. The minimum Gasteiger partial charge on any atom is -0.396 e. The predicted molar refractivity (Wildman–Crippen MR) is 61.9 cm³/mol. The summed E-state index contributed by atoms with van der Waals surface area (Å²) in [5.74, 6) is -3.08. The van der Waals surface area contributed by atoms with E-state index in [4.69, 9.17) is 5.73 Å². The Balaban J connectivity index is 2.70. The van der Waals surface area contributed by atoms with Gasteiger partial charge in [-0.05, 0) is 5.92 Å². The Morgan fingerprint density at radius 1 is 1.17 bits per heavy atom. The quantitative estimate of drug-likeness (QED) is 0.896. The molecule has 1 aromatic heterocycles. The van der Waals surface area contributed by atoms with E-state index in [9.17, 15) is 13.2 Å². The van der Waals surface area contributed by atoms with Gasteiger partial charge in [-0.25, -0.2) is 17.9 Å². The molecule has 0 saturated carbocycles. The molecule has 3 nitrogen and oxygen atoms in total. The Labute approximate surface area is 102 Å². The van der Waals surface area contributed by atoms with E-state index in [1.165, 1.54) is 6.20 Å². The molecule has 2 rings (SSSR count). The van der Waals surface area contributed by atoms with Gasteiger partial charge in [-0.2, -0.15) is 5.10 Å². The molecule has 1 aromatic carbocycles. The molecule has 2 aromatic rings. The van der Waals surface area contributed by atoms with Gasteiger partial charge in [-0.1, -0.05) is 13.8 Å². The van der Waals surface area contributed by atoms with Crippen LogP contribution >= 0.6 is 0 Å². The van der Waals surface area contributed by atoms with E-state index < -0.39 is 23.1 Å². The van der Waals surface area contributed by atoms with Gasteiger partial charge in [0.15, 0.2) is 11.6 Å². The second kappa shape index (κ2) is 4.36. The maximum Gasteiger partial charge on any atom is 0.154 e. The summed E-state index contributed by atoms with van der Waals surface area (Å²) in [5, 5.41) is 3.85. The molecule has 0 atom stereocenters. The largest absolute Gasteiger partial charge is 0.396 e. The molecule has 96 valence electrons. The fraction of sp³-hybridized carbons (Fsp3) is 0.250. The molecule has 0 aliphatic rings. The first-order valence-electron chi connectivity index (χ1n) is 5.40. The molecule has 0 aliphatic carbocycles. The van der Waals surface area contributed by atoms with Crippen LogP contribution in [0.15, 0.2) is 18.3 Å². The molecule has 0 amide bonds. The number of aromatic nitrogens is 2. The van der Waals surface area contributed by atoms with Crippen molar-refractivity contribution in [3.05, 3.63) is 41.5 Å². The van der Waals surface area contributed by atoms with Gasteiger partial charge in [0.1, 0.15) is 11.5 Å². The van der Waals surface area contributed by atoms with Crippen molar-refractivity contribution in [1.29, 1.82) is 0 Å². The number of rotatable bonds is 2.